The number of anilines is 2. The van der Waals surface area contributed by atoms with E-state index in [9.17, 15) is 18.0 Å². The zero-order valence-electron chi connectivity index (χ0n) is 20.0. The number of benzene rings is 2. The summed E-state index contributed by atoms with van der Waals surface area (Å²) in [5.41, 5.74) is 0.974. The number of para-hydroxylation sites is 2. The van der Waals surface area contributed by atoms with Crippen molar-refractivity contribution in [3.05, 3.63) is 42.5 Å². The number of amides is 2. The Morgan fingerprint density at radius 1 is 1.14 bits per heavy atom. The van der Waals surface area contributed by atoms with Crippen LogP contribution in [-0.4, -0.2) is 56.0 Å². The van der Waals surface area contributed by atoms with Crippen LogP contribution in [0.5, 0.6) is 5.75 Å². The minimum absolute atomic E-state index is 0.00227. The highest BCUT2D eigenvalue weighted by molar-refractivity contribution is 8.00. The standard InChI is InChI=1S/C25H31N3O5S2/c1-3-33-22-10-6-5-9-20(22)26-24(29)17-28-21-16-19(35(31,32)27-13-7-4-8-14-27)11-12-23(21)34-18(2)15-25(28)30/h5-6,9-12,16,18H,3-4,7-8,13-15,17H2,1-2H3,(H,26,29)/t18-/m1/s1. The van der Waals surface area contributed by atoms with E-state index in [0.717, 1.165) is 24.2 Å². The van der Waals surface area contributed by atoms with Gasteiger partial charge in [0.05, 0.1) is 22.9 Å². The second-order valence-corrected chi connectivity index (χ2v) is 12.1. The molecule has 0 unspecified atom stereocenters. The van der Waals surface area contributed by atoms with Crippen molar-refractivity contribution in [3.8, 4) is 5.75 Å². The number of rotatable bonds is 7. The van der Waals surface area contributed by atoms with Crippen molar-refractivity contribution < 1.29 is 22.7 Å². The van der Waals surface area contributed by atoms with E-state index in [2.05, 4.69) is 5.32 Å². The van der Waals surface area contributed by atoms with Crippen molar-refractivity contribution in [2.24, 2.45) is 0 Å². The van der Waals surface area contributed by atoms with Gasteiger partial charge in [0.1, 0.15) is 12.3 Å². The van der Waals surface area contributed by atoms with Gasteiger partial charge in [-0.05, 0) is 50.1 Å². The Morgan fingerprint density at radius 2 is 1.89 bits per heavy atom. The summed E-state index contributed by atoms with van der Waals surface area (Å²) in [6, 6.07) is 12.0. The summed E-state index contributed by atoms with van der Waals surface area (Å²) in [6.07, 6.45) is 2.95. The lowest BCUT2D eigenvalue weighted by Gasteiger charge is -2.27. The number of sulfonamides is 1. The molecule has 188 valence electrons. The molecule has 0 aromatic heterocycles. The van der Waals surface area contributed by atoms with Gasteiger partial charge in [0, 0.05) is 29.7 Å². The molecule has 1 saturated heterocycles. The maximum atomic E-state index is 13.3. The Kier molecular flexibility index (Phi) is 8.03. The number of nitrogens with zero attached hydrogens (tertiary/aromatic N) is 2. The van der Waals surface area contributed by atoms with Crippen LogP contribution in [0.4, 0.5) is 11.4 Å². The van der Waals surface area contributed by atoms with Crippen LogP contribution in [0.25, 0.3) is 0 Å². The normalized spacial score (nSPS) is 19.1. The number of piperidine rings is 1. The molecule has 8 nitrogen and oxygen atoms in total. The van der Waals surface area contributed by atoms with Gasteiger partial charge in [-0.25, -0.2) is 8.42 Å². The van der Waals surface area contributed by atoms with Gasteiger partial charge in [0.25, 0.3) is 0 Å². The van der Waals surface area contributed by atoms with Gasteiger partial charge < -0.3 is 15.0 Å². The second kappa shape index (κ2) is 11.0. The van der Waals surface area contributed by atoms with Gasteiger partial charge in [0.2, 0.25) is 21.8 Å². The zero-order chi connectivity index (χ0) is 25.0. The van der Waals surface area contributed by atoms with Crippen LogP contribution < -0.4 is 15.0 Å². The number of thioether (sulfide) groups is 1. The molecule has 0 bridgehead atoms. The van der Waals surface area contributed by atoms with Gasteiger partial charge in [0.15, 0.2) is 0 Å². The van der Waals surface area contributed by atoms with Crippen molar-refractivity contribution >= 4 is 45.0 Å². The molecule has 35 heavy (non-hydrogen) atoms. The summed E-state index contributed by atoms with van der Waals surface area (Å²) in [6.45, 7) is 5.03. The molecular formula is C25H31N3O5S2. The SMILES string of the molecule is CCOc1ccccc1NC(=O)CN1C(=O)C[C@@H](C)Sc2ccc(S(=O)(=O)N3CCCCC3)cc21. The quantitative estimate of drug-likeness (QED) is 0.594. The molecule has 10 heteroatoms. The van der Waals surface area contributed by atoms with E-state index >= 15 is 0 Å². The van der Waals surface area contributed by atoms with E-state index < -0.39 is 10.0 Å². The van der Waals surface area contributed by atoms with Crippen LogP contribution in [-0.2, 0) is 19.6 Å². The summed E-state index contributed by atoms with van der Waals surface area (Å²) in [7, 11) is -3.68. The Morgan fingerprint density at radius 3 is 2.63 bits per heavy atom. The Hall–Kier alpha value is -2.56. The molecule has 0 saturated carbocycles. The highest BCUT2D eigenvalue weighted by Crippen LogP contribution is 2.40. The maximum Gasteiger partial charge on any atom is 0.244 e. The van der Waals surface area contributed by atoms with Crippen LogP contribution >= 0.6 is 11.8 Å². The molecule has 2 aliphatic heterocycles. The highest BCUT2D eigenvalue weighted by Gasteiger charge is 2.32. The Balaban J connectivity index is 1.63. The lowest BCUT2D eigenvalue weighted by atomic mass is 10.2. The highest BCUT2D eigenvalue weighted by atomic mass is 32.2. The van der Waals surface area contributed by atoms with Gasteiger partial charge >= 0.3 is 0 Å². The number of ether oxygens (including phenoxy) is 1. The molecule has 1 fully saturated rings. The summed E-state index contributed by atoms with van der Waals surface area (Å²) < 4.78 is 33.7. The Labute approximate surface area is 211 Å². The predicted molar refractivity (Wildman–Crippen MR) is 138 cm³/mol. The summed E-state index contributed by atoms with van der Waals surface area (Å²) in [5, 5.41) is 2.83. The van der Waals surface area contributed by atoms with Gasteiger partial charge in [-0.3, -0.25) is 9.59 Å². The van der Waals surface area contributed by atoms with E-state index in [0.29, 0.717) is 36.8 Å². The third kappa shape index (κ3) is 5.82. The molecular weight excluding hydrogens is 486 g/mol. The molecule has 2 amide bonds. The number of carbonyl (C=O) groups is 2. The molecule has 1 atom stereocenters. The second-order valence-electron chi connectivity index (χ2n) is 8.68. The summed E-state index contributed by atoms with van der Waals surface area (Å²) in [4.78, 5) is 28.5. The van der Waals surface area contributed by atoms with Crippen molar-refractivity contribution in [2.75, 3.05) is 36.5 Å². The predicted octanol–water partition coefficient (Wildman–Crippen LogP) is 4.12. The van der Waals surface area contributed by atoms with Crippen LogP contribution in [0.2, 0.25) is 0 Å². The molecule has 1 N–H and O–H groups in total. The van der Waals surface area contributed by atoms with E-state index in [1.54, 1.807) is 36.4 Å². The Bertz CT molecular complexity index is 1200. The van der Waals surface area contributed by atoms with Crippen molar-refractivity contribution in [1.29, 1.82) is 0 Å². The monoisotopic (exact) mass is 517 g/mol. The lowest BCUT2D eigenvalue weighted by Crippen LogP contribution is -2.39. The van der Waals surface area contributed by atoms with E-state index in [1.165, 1.54) is 21.0 Å². The smallest absolute Gasteiger partial charge is 0.244 e. The number of carbonyl (C=O) groups excluding carboxylic acids is 2. The fraction of sp³-hybridized carbons (Fsp3) is 0.440. The third-order valence-electron chi connectivity index (χ3n) is 6.03. The fourth-order valence-electron chi connectivity index (χ4n) is 4.33. The van der Waals surface area contributed by atoms with Crippen LogP contribution in [0, 0.1) is 0 Å². The number of nitrogens with one attached hydrogen (secondary N) is 1. The fourth-order valence-corrected chi connectivity index (χ4v) is 6.96. The van der Waals surface area contributed by atoms with Crippen molar-refractivity contribution in [1.82, 2.24) is 4.31 Å². The molecule has 0 radical (unpaired) electrons. The molecule has 0 aliphatic carbocycles. The number of hydrogen-bond donors (Lipinski definition) is 1. The minimum atomic E-state index is -3.68. The first-order valence-electron chi connectivity index (χ1n) is 11.9. The van der Waals surface area contributed by atoms with Gasteiger partial charge in [-0.15, -0.1) is 11.8 Å². The van der Waals surface area contributed by atoms with Crippen molar-refractivity contribution in [3.63, 3.8) is 0 Å². The van der Waals surface area contributed by atoms with E-state index in [-0.39, 0.29) is 34.9 Å². The topological polar surface area (TPSA) is 96.0 Å². The molecule has 2 aromatic carbocycles. The average Bonchev–Trinajstić information content (AvgIpc) is 2.95. The average molecular weight is 518 g/mol. The molecule has 2 heterocycles. The van der Waals surface area contributed by atoms with Gasteiger partial charge in [-0.1, -0.05) is 25.5 Å². The van der Waals surface area contributed by atoms with Crippen LogP contribution in [0.3, 0.4) is 0 Å². The number of hydrogen-bond acceptors (Lipinski definition) is 6. The third-order valence-corrected chi connectivity index (χ3v) is 9.09. The summed E-state index contributed by atoms with van der Waals surface area (Å²) in [5.74, 6) is -0.0603. The number of fused-ring (bicyclic) bond motifs is 1. The molecule has 4 rings (SSSR count). The molecule has 2 aliphatic rings. The zero-order valence-corrected chi connectivity index (χ0v) is 21.7. The largest absolute Gasteiger partial charge is 0.492 e. The first-order valence-corrected chi connectivity index (χ1v) is 14.2. The molecule has 2 aromatic rings. The van der Waals surface area contributed by atoms with Crippen molar-refractivity contribution in [2.45, 2.75) is 54.6 Å². The maximum absolute atomic E-state index is 13.3. The van der Waals surface area contributed by atoms with E-state index in [1.807, 2.05) is 19.9 Å². The minimum Gasteiger partial charge on any atom is -0.492 e. The first-order chi connectivity index (χ1) is 16.8. The van der Waals surface area contributed by atoms with Crippen LogP contribution in [0.1, 0.15) is 39.5 Å². The first kappa shape index (κ1) is 25.5. The summed E-state index contributed by atoms with van der Waals surface area (Å²) >= 11 is 1.51. The van der Waals surface area contributed by atoms with Crippen LogP contribution in [0.15, 0.2) is 52.3 Å². The lowest BCUT2D eigenvalue weighted by molar-refractivity contribution is -0.121. The van der Waals surface area contributed by atoms with E-state index in [4.69, 9.17) is 4.74 Å². The molecule has 0 spiro atoms. The van der Waals surface area contributed by atoms with Gasteiger partial charge in [-0.2, -0.15) is 4.31 Å².